The second kappa shape index (κ2) is 6.25. The van der Waals surface area contributed by atoms with Crippen LogP contribution in [-0.4, -0.2) is 47.4 Å². The number of nitrogens with two attached hydrogens (primary N) is 1. The van der Waals surface area contributed by atoms with Gasteiger partial charge in [-0.1, -0.05) is 30.3 Å². The van der Waals surface area contributed by atoms with E-state index in [0.29, 0.717) is 0 Å². The smallest absolute Gasteiger partial charge is 0.407 e. The standard InChI is InChI=1S/C13H17N3O4/c14-10-6-16(13(18)19)7-11(10)15-12(17)20-8-9-4-2-1-3-5-9/h1-5,10-11H,6-8,14H2,(H,15,17)(H,18,19)/t10-,11+/m0/s1. The average molecular weight is 279 g/mol. The molecule has 1 fully saturated rings. The largest absolute Gasteiger partial charge is 0.465 e. The van der Waals surface area contributed by atoms with Gasteiger partial charge in [-0.25, -0.2) is 9.59 Å². The van der Waals surface area contributed by atoms with Crippen LogP contribution in [0.25, 0.3) is 0 Å². The third-order valence-corrected chi connectivity index (χ3v) is 3.15. The number of hydrogen-bond acceptors (Lipinski definition) is 4. The van der Waals surface area contributed by atoms with Gasteiger partial charge in [0.05, 0.1) is 6.04 Å². The molecule has 20 heavy (non-hydrogen) atoms. The number of ether oxygens (including phenoxy) is 1. The number of nitrogens with zero attached hydrogens (tertiary/aromatic N) is 1. The molecule has 1 saturated heterocycles. The van der Waals surface area contributed by atoms with Gasteiger partial charge in [0.2, 0.25) is 0 Å². The van der Waals surface area contributed by atoms with E-state index in [-0.39, 0.29) is 19.7 Å². The molecule has 0 radical (unpaired) electrons. The number of alkyl carbamates (subject to hydrolysis) is 1. The zero-order valence-electron chi connectivity index (χ0n) is 10.9. The van der Waals surface area contributed by atoms with E-state index >= 15 is 0 Å². The summed E-state index contributed by atoms with van der Waals surface area (Å²) in [4.78, 5) is 23.6. The molecule has 1 aromatic carbocycles. The Hall–Kier alpha value is -2.28. The van der Waals surface area contributed by atoms with Gasteiger partial charge in [0.15, 0.2) is 0 Å². The van der Waals surface area contributed by atoms with Crippen molar-refractivity contribution in [3.05, 3.63) is 35.9 Å². The van der Waals surface area contributed by atoms with E-state index in [1.165, 1.54) is 4.90 Å². The summed E-state index contributed by atoms with van der Waals surface area (Å²) in [5, 5.41) is 11.5. The summed E-state index contributed by atoms with van der Waals surface area (Å²) in [5.41, 5.74) is 6.67. The molecule has 2 amide bonds. The van der Waals surface area contributed by atoms with Crippen molar-refractivity contribution in [2.45, 2.75) is 18.7 Å². The maximum Gasteiger partial charge on any atom is 0.407 e. The van der Waals surface area contributed by atoms with Crippen LogP contribution in [0.1, 0.15) is 5.56 Å². The Morgan fingerprint density at radius 3 is 2.65 bits per heavy atom. The fourth-order valence-electron chi connectivity index (χ4n) is 2.05. The third kappa shape index (κ3) is 3.61. The van der Waals surface area contributed by atoms with Crippen molar-refractivity contribution in [1.29, 1.82) is 0 Å². The van der Waals surface area contributed by atoms with E-state index in [0.717, 1.165) is 5.56 Å². The molecular formula is C13H17N3O4. The van der Waals surface area contributed by atoms with Gasteiger partial charge in [0.1, 0.15) is 6.61 Å². The number of amides is 2. The molecule has 0 unspecified atom stereocenters. The van der Waals surface area contributed by atoms with Gasteiger partial charge >= 0.3 is 12.2 Å². The first kappa shape index (κ1) is 14.1. The molecule has 0 saturated carbocycles. The number of hydrogen-bond donors (Lipinski definition) is 3. The fourth-order valence-corrected chi connectivity index (χ4v) is 2.05. The lowest BCUT2D eigenvalue weighted by Gasteiger charge is -2.16. The predicted molar refractivity (Wildman–Crippen MR) is 71.1 cm³/mol. The summed E-state index contributed by atoms with van der Waals surface area (Å²) in [6.45, 7) is 0.549. The minimum atomic E-state index is -1.04. The molecule has 2 rings (SSSR count). The maximum atomic E-state index is 11.6. The molecule has 1 aliphatic rings. The number of benzene rings is 1. The molecule has 1 aliphatic heterocycles. The molecule has 0 bridgehead atoms. The normalized spacial score (nSPS) is 21.6. The molecule has 0 aliphatic carbocycles. The second-order valence-corrected chi connectivity index (χ2v) is 4.66. The van der Waals surface area contributed by atoms with Crippen LogP contribution in [0.2, 0.25) is 0 Å². The van der Waals surface area contributed by atoms with Gasteiger partial charge in [0.25, 0.3) is 0 Å². The van der Waals surface area contributed by atoms with Crippen LogP contribution < -0.4 is 11.1 Å². The van der Waals surface area contributed by atoms with Crippen LogP contribution in [0.3, 0.4) is 0 Å². The van der Waals surface area contributed by atoms with Gasteiger partial charge in [-0.3, -0.25) is 0 Å². The highest BCUT2D eigenvalue weighted by Crippen LogP contribution is 2.09. The van der Waals surface area contributed by atoms with E-state index in [2.05, 4.69) is 5.32 Å². The zero-order chi connectivity index (χ0) is 14.5. The first-order chi connectivity index (χ1) is 9.56. The Morgan fingerprint density at radius 2 is 2.05 bits per heavy atom. The van der Waals surface area contributed by atoms with E-state index in [1.54, 1.807) is 0 Å². The fraction of sp³-hybridized carbons (Fsp3) is 0.385. The molecule has 0 aromatic heterocycles. The number of carbonyl (C=O) groups excluding carboxylic acids is 1. The lowest BCUT2D eigenvalue weighted by atomic mass is 10.2. The molecule has 7 heteroatoms. The Balaban J connectivity index is 1.79. The van der Waals surface area contributed by atoms with Crippen LogP contribution in [0, 0.1) is 0 Å². The van der Waals surface area contributed by atoms with Crippen molar-refractivity contribution in [1.82, 2.24) is 10.2 Å². The van der Waals surface area contributed by atoms with Crippen molar-refractivity contribution >= 4 is 12.2 Å². The van der Waals surface area contributed by atoms with Crippen molar-refractivity contribution in [2.75, 3.05) is 13.1 Å². The first-order valence-corrected chi connectivity index (χ1v) is 6.27. The van der Waals surface area contributed by atoms with Gasteiger partial charge < -0.3 is 25.8 Å². The Morgan fingerprint density at radius 1 is 1.35 bits per heavy atom. The predicted octanol–water partition coefficient (Wildman–Crippen LogP) is 0.602. The van der Waals surface area contributed by atoms with Gasteiger partial charge in [-0.05, 0) is 5.56 Å². The van der Waals surface area contributed by atoms with Crippen LogP contribution >= 0.6 is 0 Å². The van der Waals surface area contributed by atoms with E-state index in [1.807, 2.05) is 30.3 Å². The molecule has 1 heterocycles. The Kier molecular flexibility index (Phi) is 4.41. The quantitative estimate of drug-likeness (QED) is 0.751. The van der Waals surface area contributed by atoms with Crippen LogP contribution in [-0.2, 0) is 11.3 Å². The number of carboxylic acid groups (broad SMARTS) is 1. The molecule has 4 N–H and O–H groups in total. The van der Waals surface area contributed by atoms with Crippen molar-refractivity contribution in [3.63, 3.8) is 0 Å². The van der Waals surface area contributed by atoms with E-state index in [4.69, 9.17) is 15.6 Å². The average Bonchev–Trinajstić information content (AvgIpc) is 2.79. The number of carbonyl (C=O) groups is 2. The topological polar surface area (TPSA) is 105 Å². The summed E-state index contributed by atoms with van der Waals surface area (Å²) in [7, 11) is 0. The van der Waals surface area contributed by atoms with Crippen LogP contribution in [0.5, 0.6) is 0 Å². The van der Waals surface area contributed by atoms with Crippen molar-refractivity contribution in [2.24, 2.45) is 5.73 Å². The molecular weight excluding hydrogens is 262 g/mol. The SMILES string of the molecule is N[C@H]1CN(C(=O)O)C[C@H]1NC(=O)OCc1ccccc1. The van der Waals surface area contributed by atoms with E-state index in [9.17, 15) is 9.59 Å². The minimum Gasteiger partial charge on any atom is -0.465 e. The second-order valence-electron chi connectivity index (χ2n) is 4.66. The number of rotatable bonds is 3. The molecule has 2 atom stereocenters. The van der Waals surface area contributed by atoms with Gasteiger partial charge in [0, 0.05) is 19.1 Å². The molecule has 7 nitrogen and oxygen atoms in total. The van der Waals surface area contributed by atoms with E-state index < -0.39 is 24.3 Å². The van der Waals surface area contributed by atoms with Crippen LogP contribution in [0.15, 0.2) is 30.3 Å². The minimum absolute atomic E-state index is 0.164. The Bertz CT molecular complexity index is 480. The summed E-state index contributed by atoms with van der Waals surface area (Å²) in [5.74, 6) is 0. The lowest BCUT2D eigenvalue weighted by molar-refractivity contribution is 0.133. The van der Waals surface area contributed by atoms with Gasteiger partial charge in [-0.2, -0.15) is 0 Å². The first-order valence-electron chi connectivity index (χ1n) is 6.27. The maximum absolute atomic E-state index is 11.6. The van der Waals surface area contributed by atoms with Gasteiger partial charge in [-0.15, -0.1) is 0 Å². The zero-order valence-corrected chi connectivity index (χ0v) is 10.9. The molecule has 1 aromatic rings. The highest BCUT2D eigenvalue weighted by atomic mass is 16.5. The summed E-state index contributed by atoms with van der Waals surface area (Å²) < 4.78 is 5.06. The van der Waals surface area contributed by atoms with Crippen LogP contribution in [0.4, 0.5) is 9.59 Å². The summed E-state index contributed by atoms with van der Waals surface area (Å²) >= 11 is 0. The van der Waals surface area contributed by atoms with Crippen molar-refractivity contribution < 1.29 is 19.4 Å². The highest BCUT2D eigenvalue weighted by Gasteiger charge is 2.34. The number of nitrogens with one attached hydrogen (secondary N) is 1. The third-order valence-electron chi connectivity index (χ3n) is 3.15. The Labute approximate surface area is 116 Å². The molecule has 0 spiro atoms. The monoisotopic (exact) mass is 279 g/mol. The highest BCUT2D eigenvalue weighted by molar-refractivity contribution is 5.69. The molecule has 108 valence electrons. The lowest BCUT2D eigenvalue weighted by Crippen LogP contribution is -2.46. The van der Waals surface area contributed by atoms with Crippen molar-refractivity contribution in [3.8, 4) is 0 Å². The summed E-state index contributed by atoms with van der Waals surface area (Å²) in [6.07, 6.45) is -1.64. The summed E-state index contributed by atoms with van der Waals surface area (Å²) in [6, 6.07) is 8.44. The number of likely N-dealkylation sites (tertiary alicyclic amines) is 1.